The smallest absolute Gasteiger partial charge is 0.242 e. The second-order valence-electron chi connectivity index (χ2n) is 3.95. The predicted octanol–water partition coefficient (Wildman–Crippen LogP) is 0.599. The van der Waals surface area contributed by atoms with E-state index in [1.807, 2.05) is 13.0 Å². The van der Waals surface area contributed by atoms with E-state index >= 15 is 0 Å². The standard InChI is InChI=1S/C11H17N5O/c1-2-12-9-6-10(15-7-14-9)16-8-4-3-5-13-11(8)17/h6-8H,2-5H2,1H3,(H,13,17)(H2,12,14,15,16). The van der Waals surface area contributed by atoms with Crippen LogP contribution in [0.3, 0.4) is 0 Å². The number of piperidine rings is 1. The Kier molecular flexibility index (Phi) is 3.74. The van der Waals surface area contributed by atoms with Gasteiger partial charge in [-0.05, 0) is 19.8 Å². The first-order valence-electron chi connectivity index (χ1n) is 5.89. The van der Waals surface area contributed by atoms with Gasteiger partial charge in [-0.15, -0.1) is 0 Å². The van der Waals surface area contributed by atoms with E-state index in [2.05, 4.69) is 25.9 Å². The minimum absolute atomic E-state index is 0.0415. The number of carbonyl (C=O) groups is 1. The Morgan fingerprint density at radius 3 is 3.06 bits per heavy atom. The average molecular weight is 235 g/mol. The number of rotatable bonds is 4. The summed E-state index contributed by atoms with van der Waals surface area (Å²) < 4.78 is 0. The van der Waals surface area contributed by atoms with Gasteiger partial charge in [0.2, 0.25) is 5.91 Å². The van der Waals surface area contributed by atoms with Crippen LogP contribution in [0.15, 0.2) is 12.4 Å². The second-order valence-corrected chi connectivity index (χ2v) is 3.95. The van der Waals surface area contributed by atoms with Gasteiger partial charge in [-0.25, -0.2) is 9.97 Å². The highest BCUT2D eigenvalue weighted by Crippen LogP contribution is 2.13. The molecule has 6 heteroatoms. The fourth-order valence-electron chi connectivity index (χ4n) is 1.80. The highest BCUT2D eigenvalue weighted by Gasteiger charge is 2.21. The van der Waals surface area contributed by atoms with Crippen molar-refractivity contribution >= 4 is 17.5 Å². The molecule has 1 aliphatic rings. The van der Waals surface area contributed by atoms with E-state index in [-0.39, 0.29) is 11.9 Å². The number of carbonyl (C=O) groups excluding carboxylic acids is 1. The van der Waals surface area contributed by atoms with Crippen molar-refractivity contribution in [3.05, 3.63) is 12.4 Å². The van der Waals surface area contributed by atoms with Crippen LogP contribution in [-0.4, -0.2) is 35.0 Å². The third-order valence-electron chi connectivity index (χ3n) is 2.63. The van der Waals surface area contributed by atoms with Crippen LogP contribution in [0.1, 0.15) is 19.8 Å². The normalized spacial score (nSPS) is 19.6. The van der Waals surface area contributed by atoms with E-state index < -0.39 is 0 Å². The van der Waals surface area contributed by atoms with Crippen molar-refractivity contribution in [3.8, 4) is 0 Å². The Morgan fingerprint density at radius 2 is 2.29 bits per heavy atom. The summed E-state index contributed by atoms with van der Waals surface area (Å²) >= 11 is 0. The summed E-state index contributed by atoms with van der Waals surface area (Å²) in [7, 11) is 0. The van der Waals surface area contributed by atoms with Crippen molar-refractivity contribution in [2.24, 2.45) is 0 Å². The number of nitrogens with zero attached hydrogens (tertiary/aromatic N) is 2. The van der Waals surface area contributed by atoms with Crippen molar-refractivity contribution in [2.75, 3.05) is 23.7 Å². The molecule has 3 N–H and O–H groups in total. The van der Waals surface area contributed by atoms with Crippen molar-refractivity contribution in [2.45, 2.75) is 25.8 Å². The molecular weight excluding hydrogens is 218 g/mol. The van der Waals surface area contributed by atoms with Gasteiger partial charge in [-0.2, -0.15) is 0 Å². The van der Waals surface area contributed by atoms with Crippen molar-refractivity contribution in [1.82, 2.24) is 15.3 Å². The molecule has 0 bridgehead atoms. The third-order valence-corrected chi connectivity index (χ3v) is 2.63. The molecule has 0 aliphatic carbocycles. The van der Waals surface area contributed by atoms with E-state index in [1.165, 1.54) is 6.33 Å². The molecule has 6 nitrogen and oxygen atoms in total. The SMILES string of the molecule is CCNc1cc(NC2CCCNC2=O)ncn1. The average Bonchev–Trinajstić information content (AvgIpc) is 2.33. The molecule has 1 unspecified atom stereocenters. The number of hydrogen-bond donors (Lipinski definition) is 3. The number of amides is 1. The van der Waals surface area contributed by atoms with Gasteiger partial charge in [0.25, 0.3) is 0 Å². The fraction of sp³-hybridized carbons (Fsp3) is 0.545. The number of aromatic nitrogens is 2. The zero-order chi connectivity index (χ0) is 12.1. The minimum Gasteiger partial charge on any atom is -0.370 e. The summed E-state index contributed by atoms with van der Waals surface area (Å²) in [5.41, 5.74) is 0. The van der Waals surface area contributed by atoms with Crippen LogP contribution in [-0.2, 0) is 4.79 Å². The minimum atomic E-state index is -0.187. The lowest BCUT2D eigenvalue weighted by atomic mass is 10.1. The highest BCUT2D eigenvalue weighted by atomic mass is 16.2. The van der Waals surface area contributed by atoms with Gasteiger partial charge in [-0.1, -0.05) is 0 Å². The van der Waals surface area contributed by atoms with Crippen LogP contribution in [0.25, 0.3) is 0 Å². The molecule has 1 atom stereocenters. The van der Waals surface area contributed by atoms with Gasteiger partial charge in [0, 0.05) is 19.2 Å². The van der Waals surface area contributed by atoms with Crippen LogP contribution >= 0.6 is 0 Å². The first-order valence-corrected chi connectivity index (χ1v) is 5.89. The van der Waals surface area contributed by atoms with Crippen molar-refractivity contribution < 1.29 is 4.79 Å². The van der Waals surface area contributed by atoms with E-state index in [9.17, 15) is 4.79 Å². The van der Waals surface area contributed by atoms with Crippen LogP contribution in [0.4, 0.5) is 11.6 Å². The van der Waals surface area contributed by atoms with E-state index in [0.717, 1.165) is 31.7 Å². The summed E-state index contributed by atoms with van der Waals surface area (Å²) in [5, 5.41) is 9.06. The van der Waals surface area contributed by atoms with Gasteiger partial charge in [0.1, 0.15) is 24.0 Å². The molecule has 92 valence electrons. The van der Waals surface area contributed by atoms with Gasteiger partial charge in [0.15, 0.2) is 0 Å². The Hall–Kier alpha value is -1.85. The maximum Gasteiger partial charge on any atom is 0.242 e. The third kappa shape index (κ3) is 3.05. The first-order chi connectivity index (χ1) is 8.29. The van der Waals surface area contributed by atoms with Gasteiger partial charge >= 0.3 is 0 Å². The Bertz CT molecular complexity index is 395. The van der Waals surface area contributed by atoms with Gasteiger partial charge in [0.05, 0.1) is 0 Å². The summed E-state index contributed by atoms with van der Waals surface area (Å²) in [6, 6.07) is 1.62. The lowest BCUT2D eigenvalue weighted by Gasteiger charge is -2.23. The fourth-order valence-corrected chi connectivity index (χ4v) is 1.80. The van der Waals surface area contributed by atoms with Crippen molar-refractivity contribution in [1.29, 1.82) is 0 Å². The van der Waals surface area contributed by atoms with Gasteiger partial charge < -0.3 is 16.0 Å². The zero-order valence-corrected chi connectivity index (χ0v) is 9.86. The number of hydrogen-bond acceptors (Lipinski definition) is 5. The summed E-state index contributed by atoms with van der Waals surface area (Å²) in [5.74, 6) is 1.49. The molecule has 0 saturated carbocycles. The summed E-state index contributed by atoms with van der Waals surface area (Å²) in [6.07, 6.45) is 3.32. The van der Waals surface area contributed by atoms with E-state index in [0.29, 0.717) is 5.82 Å². The first kappa shape index (κ1) is 11.6. The molecular formula is C11H17N5O. The molecule has 1 amide bonds. The molecule has 1 aromatic heterocycles. The predicted molar refractivity (Wildman–Crippen MR) is 65.9 cm³/mol. The van der Waals surface area contributed by atoms with Crippen LogP contribution in [0.2, 0.25) is 0 Å². The molecule has 2 rings (SSSR count). The Balaban J connectivity index is 2.01. The molecule has 0 aromatic carbocycles. The molecule has 0 radical (unpaired) electrons. The molecule has 1 saturated heterocycles. The van der Waals surface area contributed by atoms with Crippen LogP contribution in [0.5, 0.6) is 0 Å². The van der Waals surface area contributed by atoms with Crippen molar-refractivity contribution in [3.63, 3.8) is 0 Å². The van der Waals surface area contributed by atoms with E-state index in [4.69, 9.17) is 0 Å². The Morgan fingerprint density at radius 1 is 1.47 bits per heavy atom. The monoisotopic (exact) mass is 235 g/mol. The molecule has 1 aromatic rings. The van der Waals surface area contributed by atoms with Crippen LogP contribution in [0, 0.1) is 0 Å². The summed E-state index contributed by atoms with van der Waals surface area (Å²) in [6.45, 7) is 3.58. The highest BCUT2D eigenvalue weighted by molar-refractivity contribution is 5.85. The number of nitrogens with one attached hydrogen (secondary N) is 3. The van der Waals surface area contributed by atoms with Crippen LogP contribution < -0.4 is 16.0 Å². The molecule has 0 spiro atoms. The summed E-state index contributed by atoms with van der Waals surface area (Å²) in [4.78, 5) is 19.8. The maximum atomic E-state index is 11.6. The van der Waals surface area contributed by atoms with Gasteiger partial charge in [-0.3, -0.25) is 4.79 Å². The second kappa shape index (κ2) is 5.47. The topological polar surface area (TPSA) is 78.9 Å². The molecule has 1 fully saturated rings. The quantitative estimate of drug-likeness (QED) is 0.712. The van der Waals surface area contributed by atoms with E-state index in [1.54, 1.807) is 0 Å². The maximum absolute atomic E-state index is 11.6. The largest absolute Gasteiger partial charge is 0.370 e. The number of anilines is 2. The lowest BCUT2D eigenvalue weighted by molar-refractivity contribution is -0.123. The molecule has 2 heterocycles. The molecule has 1 aliphatic heterocycles. The lowest BCUT2D eigenvalue weighted by Crippen LogP contribution is -2.44. The zero-order valence-electron chi connectivity index (χ0n) is 9.86. The Labute approximate surface area is 100 Å². The molecule has 17 heavy (non-hydrogen) atoms.